The van der Waals surface area contributed by atoms with Crippen molar-refractivity contribution in [1.29, 1.82) is 0 Å². The van der Waals surface area contributed by atoms with Gasteiger partial charge in [0.25, 0.3) is 5.91 Å². The van der Waals surface area contributed by atoms with Crippen molar-refractivity contribution < 1.29 is 33.0 Å². The van der Waals surface area contributed by atoms with Crippen LogP contribution in [0, 0.1) is 25.7 Å². The summed E-state index contributed by atoms with van der Waals surface area (Å²) in [6, 6.07) is 15.9. The number of nitrogens with one attached hydrogen (secondary N) is 1. The molecule has 264 valence electrons. The largest absolute Gasteiger partial charge is 0.508 e. The number of sulfonamides is 1. The Labute approximate surface area is 288 Å². The number of phenols is 1. The van der Waals surface area contributed by atoms with E-state index in [-0.39, 0.29) is 49.2 Å². The molecule has 1 aromatic heterocycles. The van der Waals surface area contributed by atoms with Gasteiger partial charge in [-0.05, 0) is 73.6 Å². The fourth-order valence-corrected chi connectivity index (χ4v) is 7.67. The molecule has 4 amide bonds. The minimum Gasteiger partial charge on any atom is -0.508 e. The van der Waals surface area contributed by atoms with Gasteiger partial charge in [-0.3, -0.25) is 19.5 Å². The Hall–Kier alpha value is -4.33. The molecule has 4 rings (SSSR count). The van der Waals surface area contributed by atoms with E-state index in [2.05, 4.69) is 10.3 Å². The van der Waals surface area contributed by atoms with Gasteiger partial charge in [0, 0.05) is 18.8 Å². The van der Waals surface area contributed by atoms with Crippen LogP contribution in [0.2, 0.25) is 0 Å². The number of carbonyl (C=O) groups is 3. The third-order valence-corrected chi connectivity index (χ3v) is 10.3. The first-order valence-corrected chi connectivity index (χ1v) is 17.9. The molecular formula is C36H47N5O7S. The minimum absolute atomic E-state index is 0.0261. The predicted octanol–water partition coefficient (Wildman–Crippen LogP) is 3.63. The SMILES string of the molecule is Cc1cccc(CN2C(=O)CN(C(C(=O)N[C@@H](Cc3ccccc3)[C@H](O)CN(CC(C)C)S(=O)(=O)c3ccc(O)c(C)c3)C(C)C)C2=O)n1. The van der Waals surface area contributed by atoms with Gasteiger partial charge in [0.05, 0.1) is 29.3 Å². The molecule has 3 N–H and O–H groups in total. The van der Waals surface area contributed by atoms with Gasteiger partial charge in [0.2, 0.25) is 15.9 Å². The fourth-order valence-electron chi connectivity index (χ4n) is 5.96. The molecule has 1 aliphatic heterocycles. The molecule has 3 aromatic rings. The van der Waals surface area contributed by atoms with Crippen LogP contribution >= 0.6 is 0 Å². The van der Waals surface area contributed by atoms with Crippen LogP contribution in [-0.2, 0) is 32.6 Å². The highest BCUT2D eigenvalue weighted by Gasteiger charge is 2.44. The lowest BCUT2D eigenvalue weighted by Crippen LogP contribution is -2.57. The van der Waals surface area contributed by atoms with E-state index >= 15 is 0 Å². The predicted molar refractivity (Wildman–Crippen MR) is 185 cm³/mol. The van der Waals surface area contributed by atoms with Gasteiger partial charge in [-0.15, -0.1) is 0 Å². The molecule has 13 heteroatoms. The number of aromatic nitrogens is 1. The van der Waals surface area contributed by atoms with Crippen molar-refractivity contribution in [2.75, 3.05) is 19.6 Å². The van der Waals surface area contributed by atoms with Crippen molar-refractivity contribution in [3.05, 3.63) is 89.2 Å². The van der Waals surface area contributed by atoms with Gasteiger partial charge < -0.3 is 20.4 Å². The van der Waals surface area contributed by atoms with Crippen LogP contribution < -0.4 is 5.32 Å². The topological polar surface area (TPSA) is 160 Å². The van der Waals surface area contributed by atoms with Crippen LogP contribution in [0.5, 0.6) is 5.75 Å². The Morgan fingerprint density at radius 3 is 2.29 bits per heavy atom. The first-order chi connectivity index (χ1) is 23.1. The number of nitrogens with zero attached hydrogens (tertiary/aromatic N) is 4. The third-order valence-electron chi connectivity index (χ3n) is 8.44. The van der Waals surface area contributed by atoms with Crippen molar-refractivity contribution in [2.24, 2.45) is 11.8 Å². The number of imide groups is 1. The number of aromatic hydroxyl groups is 1. The summed E-state index contributed by atoms with van der Waals surface area (Å²) in [6.07, 6.45) is -1.19. The van der Waals surface area contributed by atoms with Crippen LogP contribution in [0.4, 0.5) is 4.79 Å². The van der Waals surface area contributed by atoms with E-state index < -0.39 is 52.0 Å². The lowest BCUT2D eigenvalue weighted by Gasteiger charge is -2.34. The van der Waals surface area contributed by atoms with Gasteiger partial charge in [-0.1, -0.05) is 64.1 Å². The number of aliphatic hydroxyl groups excluding tert-OH is 1. The van der Waals surface area contributed by atoms with Crippen molar-refractivity contribution in [3.8, 4) is 5.75 Å². The zero-order chi connectivity index (χ0) is 36.0. The number of hydrogen-bond donors (Lipinski definition) is 3. The molecule has 2 aromatic carbocycles. The standard InChI is InChI=1S/C36H47N5O7S/c1-23(2)19-39(49(47,48)29-15-16-31(42)25(5)17-29)21-32(43)30(18-27-12-8-7-9-13-27)38-35(45)34(24(3)4)41-22-33(44)40(36(41)46)20-28-14-10-11-26(6)37-28/h7-17,23-24,30,32,34,42-43H,18-22H2,1-6H3,(H,38,45)/t30-,32+,34?/m0/s1. The lowest BCUT2D eigenvalue weighted by molar-refractivity contribution is -0.129. The summed E-state index contributed by atoms with van der Waals surface area (Å²) >= 11 is 0. The molecule has 0 aliphatic carbocycles. The number of phenolic OH excluding ortho intramolecular Hbond substituents is 1. The molecule has 1 fully saturated rings. The number of pyridine rings is 1. The average molecular weight is 694 g/mol. The molecule has 3 atom stereocenters. The Bertz CT molecular complexity index is 1750. The first kappa shape index (κ1) is 37.5. The molecule has 1 unspecified atom stereocenters. The van der Waals surface area contributed by atoms with Crippen molar-refractivity contribution >= 4 is 27.9 Å². The van der Waals surface area contributed by atoms with E-state index in [0.717, 1.165) is 16.2 Å². The van der Waals surface area contributed by atoms with Crippen LogP contribution in [0.3, 0.4) is 0 Å². The monoisotopic (exact) mass is 693 g/mol. The molecule has 1 saturated heterocycles. The fraction of sp³-hybridized carbons (Fsp3) is 0.444. The quantitative estimate of drug-likeness (QED) is 0.204. The molecule has 0 bridgehead atoms. The number of aryl methyl sites for hydroxylation is 2. The van der Waals surface area contributed by atoms with E-state index in [1.807, 2.05) is 57.2 Å². The van der Waals surface area contributed by atoms with Crippen LogP contribution in [-0.4, -0.2) is 93.4 Å². The van der Waals surface area contributed by atoms with Crippen molar-refractivity contribution in [1.82, 2.24) is 24.4 Å². The first-order valence-electron chi connectivity index (χ1n) is 16.4. The molecule has 0 spiro atoms. The average Bonchev–Trinajstić information content (AvgIpc) is 3.29. The Balaban J connectivity index is 1.60. The maximum absolute atomic E-state index is 14.1. The Morgan fingerprint density at radius 1 is 0.980 bits per heavy atom. The summed E-state index contributed by atoms with van der Waals surface area (Å²) in [6.45, 7) is 10.1. The summed E-state index contributed by atoms with van der Waals surface area (Å²) in [5.41, 5.74) is 2.48. The van der Waals surface area contributed by atoms with Crippen molar-refractivity contribution in [2.45, 2.75) is 77.6 Å². The van der Waals surface area contributed by atoms with Crippen LogP contribution in [0.25, 0.3) is 0 Å². The molecule has 0 saturated carbocycles. The van der Waals surface area contributed by atoms with Gasteiger partial charge >= 0.3 is 6.03 Å². The summed E-state index contributed by atoms with van der Waals surface area (Å²) in [5.74, 6) is -1.55. The zero-order valence-corrected chi connectivity index (χ0v) is 29.7. The smallest absolute Gasteiger partial charge is 0.328 e. The van der Waals surface area contributed by atoms with Crippen molar-refractivity contribution in [3.63, 3.8) is 0 Å². The number of rotatable bonds is 15. The molecular weight excluding hydrogens is 646 g/mol. The number of benzene rings is 2. The second-order valence-electron chi connectivity index (χ2n) is 13.4. The number of urea groups is 1. The number of amides is 4. The highest BCUT2D eigenvalue weighted by Crippen LogP contribution is 2.25. The van der Waals surface area contributed by atoms with Gasteiger partial charge in [0.15, 0.2) is 0 Å². The van der Waals surface area contributed by atoms with E-state index in [0.29, 0.717) is 11.3 Å². The third kappa shape index (κ3) is 9.22. The van der Waals surface area contributed by atoms with E-state index in [1.54, 1.807) is 32.9 Å². The highest BCUT2D eigenvalue weighted by atomic mass is 32.2. The molecule has 49 heavy (non-hydrogen) atoms. The Morgan fingerprint density at radius 2 is 1.67 bits per heavy atom. The summed E-state index contributed by atoms with van der Waals surface area (Å²) < 4.78 is 28.9. The lowest BCUT2D eigenvalue weighted by atomic mass is 9.97. The maximum atomic E-state index is 14.1. The Kier molecular flexibility index (Phi) is 12.2. The molecule has 1 aliphatic rings. The summed E-state index contributed by atoms with van der Waals surface area (Å²) in [5, 5.41) is 24.6. The van der Waals surface area contributed by atoms with E-state index in [1.165, 1.54) is 27.4 Å². The maximum Gasteiger partial charge on any atom is 0.328 e. The van der Waals surface area contributed by atoms with Crippen LogP contribution in [0.1, 0.15) is 50.2 Å². The van der Waals surface area contributed by atoms with Gasteiger partial charge in [0.1, 0.15) is 18.3 Å². The van der Waals surface area contributed by atoms with Crippen LogP contribution in [0.15, 0.2) is 71.6 Å². The van der Waals surface area contributed by atoms with Gasteiger partial charge in [-0.25, -0.2) is 13.2 Å². The normalized spacial score (nSPS) is 15.7. The molecule has 12 nitrogen and oxygen atoms in total. The van der Waals surface area contributed by atoms with E-state index in [4.69, 9.17) is 0 Å². The second-order valence-corrected chi connectivity index (χ2v) is 15.3. The number of hydrogen-bond acceptors (Lipinski definition) is 8. The summed E-state index contributed by atoms with van der Waals surface area (Å²) in [4.78, 5) is 47.4. The number of carbonyl (C=O) groups excluding carboxylic acids is 3. The zero-order valence-electron chi connectivity index (χ0n) is 28.9. The molecule has 0 radical (unpaired) electrons. The minimum atomic E-state index is -4.11. The van der Waals surface area contributed by atoms with E-state index in [9.17, 15) is 33.0 Å². The number of aliphatic hydroxyl groups is 1. The summed E-state index contributed by atoms with van der Waals surface area (Å²) in [7, 11) is -4.11. The molecule has 2 heterocycles. The second kappa shape index (κ2) is 15.9. The highest BCUT2D eigenvalue weighted by molar-refractivity contribution is 7.89. The van der Waals surface area contributed by atoms with Gasteiger partial charge in [-0.2, -0.15) is 4.31 Å².